The van der Waals surface area contributed by atoms with Crippen molar-refractivity contribution in [2.75, 3.05) is 34.9 Å². The van der Waals surface area contributed by atoms with E-state index in [1.165, 1.54) is 25.6 Å². The lowest BCUT2D eigenvalue weighted by Gasteiger charge is -2.41. The Morgan fingerprint density at radius 3 is 2.33 bits per heavy atom. The Morgan fingerprint density at radius 1 is 1.16 bits per heavy atom. The van der Waals surface area contributed by atoms with Gasteiger partial charge in [-0.05, 0) is 35.6 Å². The molecule has 0 aliphatic carbocycles. The van der Waals surface area contributed by atoms with Gasteiger partial charge in [0.25, 0.3) is 0 Å². The van der Waals surface area contributed by atoms with E-state index in [-0.39, 0.29) is 42.1 Å². The quantitative estimate of drug-likeness (QED) is 0.260. The molecule has 2 heterocycles. The van der Waals surface area contributed by atoms with Crippen LogP contribution in [0.2, 0.25) is 0 Å². The Bertz CT molecular complexity index is 1110. The third-order valence-electron chi connectivity index (χ3n) is 9.25. The van der Waals surface area contributed by atoms with Gasteiger partial charge in [-0.3, -0.25) is 14.4 Å². The van der Waals surface area contributed by atoms with E-state index in [4.69, 9.17) is 19.9 Å². The highest BCUT2D eigenvalue weighted by Gasteiger charge is 2.43. The van der Waals surface area contributed by atoms with Crippen molar-refractivity contribution in [3.05, 3.63) is 22.4 Å². The fraction of sp³-hybridized carbons (Fsp3) is 0.758. The number of esters is 1. The smallest absolute Gasteiger partial charge is 0.328 e. The van der Waals surface area contributed by atoms with Crippen LogP contribution >= 0.6 is 11.3 Å². The fourth-order valence-electron chi connectivity index (χ4n) is 6.16. The molecule has 1 aromatic rings. The van der Waals surface area contributed by atoms with Crippen LogP contribution in [0.15, 0.2) is 17.5 Å². The molecule has 1 aliphatic heterocycles. The number of hydrogen-bond acceptors (Lipinski definition) is 9. The third-order valence-corrected chi connectivity index (χ3v) is 10.1. The number of carbonyl (C=O) groups is 4. The number of nitrogens with two attached hydrogens (primary N) is 1. The minimum absolute atomic E-state index is 0.0469. The fourth-order valence-corrected chi connectivity index (χ4v) is 6.92. The number of nitrogens with zero attached hydrogens (tertiary/aromatic N) is 2. The van der Waals surface area contributed by atoms with Gasteiger partial charge in [-0.1, -0.05) is 54.0 Å². The Morgan fingerprint density at radius 2 is 1.82 bits per heavy atom. The van der Waals surface area contributed by atoms with Gasteiger partial charge < -0.3 is 35.1 Å². The Kier molecular flexibility index (Phi) is 14.9. The van der Waals surface area contributed by atoms with Crippen LogP contribution in [0.3, 0.4) is 0 Å². The normalized spacial score (nSPS) is 20.0. The summed E-state index contributed by atoms with van der Waals surface area (Å²) in [4.78, 5) is 57.7. The van der Waals surface area contributed by atoms with Gasteiger partial charge in [-0.2, -0.15) is 0 Å². The number of likely N-dealkylation sites (N-methyl/N-ethyl adjacent to an activating group) is 1. The number of thiophene rings is 1. The first-order valence-electron chi connectivity index (χ1n) is 15.9. The molecular formula is C33H56N4O7S. The summed E-state index contributed by atoms with van der Waals surface area (Å²) in [6, 6.07) is 1.54. The first kappa shape index (κ1) is 38.6. The summed E-state index contributed by atoms with van der Waals surface area (Å²) in [5, 5.41) is 4.76. The molecule has 1 aliphatic rings. The van der Waals surface area contributed by atoms with Crippen molar-refractivity contribution in [3.8, 4) is 0 Å². The van der Waals surface area contributed by atoms with Gasteiger partial charge in [0, 0.05) is 39.1 Å². The van der Waals surface area contributed by atoms with Gasteiger partial charge in [0.05, 0.1) is 49.8 Å². The van der Waals surface area contributed by atoms with Crippen molar-refractivity contribution in [2.45, 2.75) is 110 Å². The number of methoxy groups -OCH3 is 3. The summed E-state index contributed by atoms with van der Waals surface area (Å²) in [6.45, 7) is 12.2. The number of carbonyl (C=O) groups excluding carboxylic acids is 4. The molecule has 11 nitrogen and oxygen atoms in total. The first-order valence-corrected chi connectivity index (χ1v) is 16.8. The zero-order chi connectivity index (χ0) is 34.1. The zero-order valence-corrected chi connectivity index (χ0v) is 29.6. The number of amides is 3. The third kappa shape index (κ3) is 9.97. The predicted octanol–water partition coefficient (Wildman–Crippen LogP) is 3.24. The molecule has 8 atom stereocenters. The van der Waals surface area contributed by atoms with Gasteiger partial charge in [0.1, 0.15) is 6.04 Å². The van der Waals surface area contributed by atoms with Crippen molar-refractivity contribution in [3.63, 3.8) is 0 Å². The number of rotatable bonds is 16. The van der Waals surface area contributed by atoms with E-state index < -0.39 is 41.6 Å². The van der Waals surface area contributed by atoms with E-state index in [1.54, 1.807) is 30.9 Å². The van der Waals surface area contributed by atoms with Crippen LogP contribution in [0.1, 0.15) is 72.1 Å². The molecule has 0 saturated carbocycles. The highest BCUT2D eigenvalue weighted by molar-refractivity contribution is 7.09. The number of ether oxygens (including phenoxy) is 3. The summed E-state index contributed by atoms with van der Waals surface area (Å²) >= 11 is 1.50. The van der Waals surface area contributed by atoms with Gasteiger partial charge in [-0.15, -0.1) is 11.3 Å². The summed E-state index contributed by atoms with van der Waals surface area (Å²) in [7, 11) is 6.14. The molecule has 12 heteroatoms. The molecular weight excluding hydrogens is 596 g/mol. The van der Waals surface area contributed by atoms with Crippen LogP contribution in [0.4, 0.5) is 0 Å². The highest BCUT2D eigenvalue weighted by Crippen LogP contribution is 2.30. The number of likely N-dealkylation sites (tertiary alicyclic amines) is 1. The molecule has 0 spiro atoms. The Hall–Kier alpha value is -2.54. The molecule has 0 aromatic carbocycles. The lowest BCUT2D eigenvalue weighted by molar-refractivity contribution is -0.148. The van der Waals surface area contributed by atoms with E-state index in [0.717, 1.165) is 17.7 Å². The second-order valence-electron chi connectivity index (χ2n) is 13.3. The van der Waals surface area contributed by atoms with Crippen LogP contribution in [-0.2, 0) is 39.8 Å². The molecule has 0 unspecified atom stereocenters. The molecule has 2 rings (SSSR count). The highest BCUT2D eigenvalue weighted by atomic mass is 32.1. The Labute approximate surface area is 273 Å². The minimum Gasteiger partial charge on any atom is -0.467 e. The standard InChI is InChI=1S/C33H56N4O7S/c1-11-20(2)27(36(7)31(40)29(34)33(4,5)6)25(42-8)19-26(38)37-16-12-15-24(37)28(43-9)21(3)30(39)35-23(32(41)44-10)18-22-14-13-17-45-22/h13-14,17,20-21,23-25,27-29H,11-12,15-16,18-19,34H2,1-10H3,(H,35,39)/t20-,21+,23-,24-,25+,27-,28+,29+/m0/s1. The van der Waals surface area contributed by atoms with Crippen molar-refractivity contribution in [2.24, 2.45) is 23.0 Å². The van der Waals surface area contributed by atoms with E-state index in [9.17, 15) is 19.2 Å². The first-order chi connectivity index (χ1) is 21.1. The van der Waals surface area contributed by atoms with Gasteiger partial charge in [-0.25, -0.2) is 4.79 Å². The maximum Gasteiger partial charge on any atom is 0.328 e. The minimum atomic E-state index is -0.839. The second kappa shape index (κ2) is 17.4. The van der Waals surface area contributed by atoms with E-state index >= 15 is 0 Å². The lowest BCUT2D eigenvalue weighted by atomic mass is 9.85. The maximum absolute atomic E-state index is 13.9. The predicted molar refractivity (Wildman–Crippen MR) is 176 cm³/mol. The van der Waals surface area contributed by atoms with E-state index in [2.05, 4.69) is 5.32 Å². The van der Waals surface area contributed by atoms with Crippen molar-refractivity contribution in [1.29, 1.82) is 0 Å². The maximum atomic E-state index is 13.9. The lowest BCUT2D eigenvalue weighted by Crippen LogP contribution is -2.57. The average molecular weight is 653 g/mol. The topological polar surface area (TPSA) is 141 Å². The molecule has 1 aromatic heterocycles. The van der Waals surface area contributed by atoms with Gasteiger partial charge in [0.2, 0.25) is 17.7 Å². The van der Waals surface area contributed by atoms with Crippen LogP contribution in [-0.4, -0.2) is 105 Å². The van der Waals surface area contributed by atoms with E-state index in [0.29, 0.717) is 19.4 Å². The average Bonchev–Trinajstić information content (AvgIpc) is 3.71. The van der Waals surface area contributed by atoms with Crippen molar-refractivity contribution < 1.29 is 33.4 Å². The largest absolute Gasteiger partial charge is 0.467 e. The summed E-state index contributed by atoms with van der Waals surface area (Å²) < 4.78 is 16.7. The molecule has 1 saturated heterocycles. The van der Waals surface area contributed by atoms with Crippen LogP contribution < -0.4 is 11.1 Å². The van der Waals surface area contributed by atoms with Gasteiger partial charge >= 0.3 is 5.97 Å². The number of nitrogens with one attached hydrogen (secondary N) is 1. The molecule has 3 N–H and O–H groups in total. The van der Waals surface area contributed by atoms with Crippen molar-refractivity contribution >= 4 is 35.0 Å². The molecule has 0 bridgehead atoms. The summed E-state index contributed by atoms with van der Waals surface area (Å²) in [5.74, 6) is -1.80. The summed E-state index contributed by atoms with van der Waals surface area (Å²) in [6.07, 6.45) is 1.44. The summed E-state index contributed by atoms with van der Waals surface area (Å²) in [5.41, 5.74) is 5.92. The van der Waals surface area contributed by atoms with Gasteiger partial charge in [0.15, 0.2) is 0 Å². The molecule has 256 valence electrons. The van der Waals surface area contributed by atoms with Crippen LogP contribution in [0.5, 0.6) is 0 Å². The van der Waals surface area contributed by atoms with Crippen molar-refractivity contribution in [1.82, 2.24) is 15.1 Å². The van der Waals surface area contributed by atoms with Crippen LogP contribution in [0.25, 0.3) is 0 Å². The Balaban J connectivity index is 2.22. The number of hydrogen-bond donors (Lipinski definition) is 2. The monoisotopic (exact) mass is 652 g/mol. The molecule has 45 heavy (non-hydrogen) atoms. The zero-order valence-electron chi connectivity index (χ0n) is 28.8. The molecule has 3 amide bonds. The molecule has 1 fully saturated rings. The SMILES string of the molecule is CC[C@H](C)[C@@H]([C@@H](CC(=O)N1CCC[C@H]1[C@H](OC)[C@@H](C)C(=O)N[C@@H](Cc1cccs1)C(=O)OC)OC)N(C)C(=O)[C@@H](N)C(C)(C)C. The molecule has 0 radical (unpaired) electrons. The van der Waals surface area contributed by atoms with E-state index in [1.807, 2.05) is 52.1 Å². The van der Waals surface area contributed by atoms with Crippen LogP contribution in [0, 0.1) is 17.3 Å². The second-order valence-corrected chi connectivity index (χ2v) is 14.3.